The topological polar surface area (TPSA) is 95.0 Å². The van der Waals surface area contributed by atoms with Crippen molar-refractivity contribution in [2.24, 2.45) is 0 Å². The van der Waals surface area contributed by atoms with E-state index in [0.717, 1.165) is 11.1 Å². The number of nitrogens with one attached hydrogen (secondary N) is 1. The summed E-state index contributed by atoms with van der Waals surface area (Å²) in [5.41, 5.74) is 1.23. The summed E-state index contributed by atoms with van der Waals surface area (Å²) in [6.45, 7) is 3.99. The Morgan fingerprint density at radius 3 is 2.51 bits per heavy atom. The van der Waals surface area contributed by atoms with Crippen LogP contribution in [0.2, 0.25) is 0 Å². The van der Waals surface area contributed by atoms with Crippen LogP contribution >= 0.6 is 0 Å². The van der Waals surface area contributed by atoms with Gasteiger partial charge in [-0.2, -0.15) is 8.78 Å². The van der Waals surface area contributed by atoms with Gasteiger partial charge in [0.25, 0.3) is 0 Å². The highest BCUT2D eigenvalue weighted by Gasteiger charge is 2.53. The van der Waals surface area contributed by atoms with Gasteiger partial charge in [-0.25, -0.2) is 4.98 Å². The molecule has 0 atom stereocenters. The molecule has 2 fully saturated rings. The van der Waals surface area contributed by atoms with E-state index in [0.29, 0.717) is 18.8 Å². The number of nitrogens with zero attached hydrogens (tertiary/aromatic N) is 3. The molecule has 10 heteroatoms. The molecule has 8 nitrogen and oxygen atoms in total. The number of hydrogen-bond donors (Lipinski definition) is 2. The average Bonchev–Trinajstić information content (AvgIpc) is 2.73. The second-order valence-corrected chi connectivity index (χ2v) is 9.56. The van der Waals surface area contributed by atoms with Crippen molar-refractivity contribution in [3.05, 3.63) is 53.2 Å². The SMILES string of the molecule is Cc1ccc(NC(=O)C2(c3ccccc3C(C)C)CN(C(=O)CN3CC(O)C3)C2)c(OC(F)F)n1. The van der Waals surface area contributed by atoms with E-state index in [1.54, 1.807) is 17.9 Å². The van der Waals surface area contributed by atoms with Gasteiger partial charge in [-0.15, -0.1) is 0 Å². The first-order chi connectivity index (χ1) is 16.6. The van der Waals surface area contributed by atoms with Crippen molar-refractivity contribution >= 4 is 17.5 Å². The number of amides is 2. The van der Waals surface area contributed by atoms with Crippen LogP contribution in [0.25, 0.3) is 0 Å². The van der Waals surface area contributed by atoms with Gasteiger partial charge < -0.3 is 20.1 Å². The Balaban J connectivity index is 1.61. The molecular formula is C25H30F2N4O4. The highest BCUT2D eigenvalue weighted by molar-refractivity contribution is 6.02. The molecule has 2 saturated heterocycles. The molecule has 2 amide bonds. The summed E-state index contributed by atoms with van der Waals surface area (Å²) in [4.78, 5) is 34.0. The average molecular weight is 489 g/mol. The quantitative estimate of drug-likeness (QED) is 0.593. The number of hydrogen-bond acceptors (Lipinski definition) is 6. The number of carbonyl (C=O) groups excluding carboxylic acids is 2. The van der Waals surface area contributed by atoms with E-state index >= 15 is 0 Å². The van der Waals surface area contributed by atoms with E-state index in [-0.39, 0.29) is 43.0 Å². The zero-order valence-corrected chi connectivity index (χ0v) is 20.0. The fourth-order valence-electron chi connectivity index (χ4n) is 4.66. The lowest BCUT2D eigenvalue weighted by Gasteiger charge is -2.50. The zero-order valence-electron chi connectivity index (χ0n) is 20.0. The third kappa shape index (κ3) is 5.13. The first kappa shape index (κ1) is 25.0. The molecule has 0 unspecified atom stereocenters. The molecule has 0 radical (unpaired) electrons. The minimum absolute atomic E-state index is 0.0432. The van der Waals surface area contributed by atoms with Crippen LogP contribution < -0.4 is 10.1 Å². The molecule has 3 heterocycles. The Morgan fingerprint density at radius 1 is 1.20 bits per heavy atom. The van der Waals surface area contributed by atoms with Gasteiger partial charge in [0.05, 0.1) is 12.6 Å². The zero-order chi connectivity index (χ0) is 25.3. The molecule has 188 valence electrons. The first-order valence-corrected chi connectivity index (χ1v) is 11.6. The van der Waals surface area contributed by atoms with Crippen LogP contribution in [-0.2, 0) is 15.0 Å². The Morgan fingerprint density at radius 2 is 1.89 bits per heavy atom. The van der Waals surface area contributed by atoms with Crippen molar-refractivity contribution in [3.8, 4) is 5.88 Å². The number of ether oxygens (including phenoxy) is 1. The van der Waals surface area contributed by atoms with Crippen molar-refractivity contribution < 1.29 is 28.2 Å². The molecule has 4 rings (SSSR count). The third-order valence-corrected chi connectivity index (χ3v) is 6.55. The highest BCUT2D eigenvalue weighted by Crippen LogP contribution is 2.40. The van der Waals surface area contributed by atoms with E-state index in [1.807, 2.05) is 43.0 Å². The predicted octanol–water partition coefficient (Wildman–Crippen LogP) is 2.51. The van der Waals surface area contributed by atoms with Crippen molar-refractivity contribution in [3.63, 3.8) is 0 Å². The van der Waals surface area contributed by atoms with Crippen LogP contribution in [0, 0.1) is 6.92 Å². The molecular weight excluding hydrogens is 458 g/mol. The maximum Gasteiger partial charge on any atom is 0.388 e. The van der Waals surface area contributed by atoms with Crippen LogP contribution in [0.5, 0.6) is 5.88 Å². The summed E-state index contributed by atoms with van der Waals surface area (Å²) in [6, 6.07) is 10.7. The number of anilines is 1. The van der Waals surface area contributed by atoms with E-state index in [1.165, 1.54) is 6.07 Å². The number of carbonyl (C=O) groups is 2. The second-order valence-electron chi connectivity index (χ2n) is 9.56. The number of aliphatic hydroxyl groups excluding tert-OH is 1. The lowest BCUT2D eigenvalue weighted by Crippen LogP contribution is -2.68. The fourth-order valence-corrected chi connectivity index (χ4v) is 4.66. The minimum atomic E-state index is -3.09. The van der Waals surface area contributed by atoms with Gasteiger partial charge in [0.15, 0.2) is 0 Å². The van der Waals surface area contributed by atoms with Crippen molar-refractivity contribution in [2.45, 2.75) is 44.8 Å². The van der Waals surface area contributed by atoms with Gasteiger partial charge in [0, 0.05) is 31.9 Å². The predicted molar refractivity (Wildman–Crippen MR) is 125 cm³/mol. The molecule has 1 aromatic carbocycles. The normalized spacial score (nSPS) is 17.8. The number of aromatic nitrogens is 1. The Bertz CT molecular complexity index is 1100. The van der Waals surface area contributed by atoms with Crippen LogP contribution in [0.1, 0.15) is 36.6 Å². The standard InChI is InChI=1S/C25H30F2N4O4/c1-15(2)18-6-4-5-7-19(18)25(13-31(14-25)21(33)12-30-10-17(32)11-30)23(34)29-20-9-8-16(3)28-22(20)35-24(26)27/h4-9,15,17,24,32H,10-14H2,1-3H3,(H,29,34). The first-order valence-electron chi connectivity index (χ1n) is 11.6. The van der Waals surface area contributed by atoms with Gasteiger partial charge >= 0.3 is 6.61 Å². The third-order valence-electron chi connectivity index (χ3n) is 6.55. The Kier molecular flexibility index (Phi) is 7.05. The summed E-state index contributed by atoms with van der Waals surface area (Å²) in [7, 11) is 0. The number of alkyl halides is 2. The summed E-state index contributed by atoms with van der Waals surface area (Å²) in [6.07, 6.45) is -0.408. The summed E-state index contributed by atoms with van der Waals surface area (Å²) >= 11 is 0. The number of β-amino-alcohol motifs (C(OH)–C–C–N with tert-alkyl or cyclic N) is 1. The smallest absolute Gasteiger partial charge is 0.388 e. The molecule has 35 heavy (non-hydrogen) atoms. The summed E-state index contributed by atoms with van der Waals surface area (Å²) in [5, 5.41) is 12.2. The van der Waals surface area contributed by atoms with Gasteiger partial charge in [0.1, 0.15) is 11.1 Å². The summed E-state index contributed by atoms with van der Waals surface area (Å²) in [5.74, 6) is -0.772. The van der Waals surface area contributed by atoms with Crippen molar-refractivity contribution in [2.75, 3.05) is 38.0 Å². The number of benzene rings is 1. The van der Waals surface area contributed by atoms with Crippen LogP contribution in [-0.4, -0.2) is 77.1 Å². The van der Waals surface area contributed by atoms with Gasteiger partial charge in [-0.3, -0.25) is 14.5 Å². The monoisotopic (exact) mass is 488 g/mol. The number of pyridine rings is 1. The molecule has 2 aromatic rings. The Hall–Kier alpha value is -3.11. The lowest BCUT2D eigenvalue weighted by atomic mass is 9.69. The Labute approximate surface area is 202 Å². The van der Waals surface area contributed by atoms with Gasteiger partial charge in [0.2, 0.25) is 17.7 Å². The van der Waals surface area contributed by atoms with Gasteiger partial charge in [-0.1, -0.05) is 38.1 Å². The number of aliphatic hydroxyl groups is 1. The minimum Gasteiger partial charge on any atom is -0.415 e. The largest absolute Gasteiger partial charge is 0.415 e. The van der Waals surface area contributed by atoms with Crippen LogP contribution in [0.15, 0.2) is 36.4 Å². The number of likely N-dealkylation sites (tertiary alicyclic amines) is 2. The van der Waals surface area contributed by atoms with E-state index in [4.69, 9.17) is 0 Å². The lowest BCUT2D eigenvalue weighted by molar-refractivity contribution is -0.147. The summed E-state index contributed by atoms with van der Waals surface area (Å²) < 4.78 is 30.4. The number of aryl methyl sites for hydroxylation is 1. The maximum atomic E-state index is 13.8. The highest BCUT2D eigenvalue weighted by atomic mass is 19.3. The van der Waals surface area contributed by atoms with Crippen molar-refractivity contribution in [1.82, 2.24) is 14.8 Å². The van der Waals surface area contributed by atoms with Crippen LogP contribution in [0.3, 0.4) is 0 Å². The molecule has 2 aliphatic heterocycles. The van der Waals surface area contributed by atoms with Crippen LogP contribution in [0.4, 0.5) is 14.5 Å². The van der Waals surface area contributed by atoms with E-state index in [2.05, 4.69) is 15.0 Å². The maximum absolute atomic E-state index is 13.8. The fraction of sp³-hybridized carbons (Fsp3) is 0.480. The molecule has 0 aliphatic carbocycles. The molecule has 0 saturated carbocycles. The van der Waals surface area contributed by atoms with Crippen molar-refractivity contribution in [1.29, 1.82) is 0 Å². The number of halogens is 2. The number of rotatable bonds is 8. The van der Waals surface area contributed by atoms with E-state index < -0.39 is 24.0 Å². The molecule has 2 N–H and O–H groups in total. The molecule has 2 aliphatic rings. The van der Waals surface area contributed by atoms with Gasteiger partial charge in [-0.05, 0) is 36.1 Å². The molecule has 1 aromatic heterocycles. The second kappa shape index (κ2) is 9.87. The molecule has 0 bridgehead atoms. The molecule has 0 spiro atoms. The van der Waals surface area contributed by atoms with E-state index in [9.17, 15) is 23.5 Å².